The van der Waals surface area contributed by atoms with Gasteiger partial charge in [0.25, 0.3) is 11.8 Å². The molecule has 0 saturated carbocycles. The molecule has 1 atom stereocenters. The van der Waals surface area contributed by atoms with E-state index in [0.29, 0.717) is 11.1 Å². The summed E-state index contributed by atoms with van der Waals surface area (Å²) in [6.45, 7) is -0.206. The van der Waals surface area contributed by atoms with E-state index in [1.54, 1.807) is 48.5 Å². The number of hydrogen-bond donors (Lipinski definition) is 0. The van der Waals surface area contributed by atoms with Crippen molar-refractivity contribution in [3.63, 3.8) is 0 Å². The van der Waals surface area contributed by atoms with Crippen molar-refractivity contribution in [3.05, 3.63) is 84.2 Å². The van der Waals surface area contributed by atoms with Gasteiger partial charge in [0.15, 0.2) is 0 Å². The molecule has 0 aliphatic carbocycles. The van der Waals surface area contributed by atoms with Crippen LogP contribution in [0.4, 0.5) is 0 Å². The summed E-state index contributed by atoms with van der Waals surface area (Å²) in [5.41, 5.74) is 1.15. The molecular formula is C20H18N2O4. The molecule has 1 unspecified atom stereocenters. The lowest BCUT2D eigenvalue weighted by molar-refractivity contribution is -0.147. The van der Waals surface area contributed by atoms with Crippen LogP contribution in [0.3, 0.4) is 0 Å². The lowest BCUT2D eigenvalue weighted by Gasteiger charge is -2.35. The van der Waals surface area contributed by atoms with Crippen LogP contribution in [0.15, 0.2) is 73.1 Å². The fourth-order valence-electron chi connectivity index (χ4n) is 2.78. The van der Waals surface area contributed by atoms with E-state index in [0.717, 1.165) is 0 Å². The summed E-state index contributed by atoms with van der Waals surface area (Å²) in [6, 6.07) is 16.9. The summed E-state index contributed by atoms with van der Waals surface area (Å²) in [6.07, 6.45) is 2.96. The molecule has 0 radical (unpaired) electrons. The molecule has 0 fully saturated rings. The molecular weight excluding hydrogens is 332 g/mol. The second kappa shape index (κ2) is 7.65. The van der Waals surface area contributed by atoms with Crippen molar-refractivity contribution in [2.45, 2.75) is 6.04 Å². The first-order valence-corrected chi connectivity index (χ1v) is 8.10. The minimum Gasteiger partial charge on any atom is -0.468 e. The van der Waals surface area contributed by atoms with E-state index in [2.05, 4.69) is 4.74 Å². The predicted molar refractivity (Wildman–Crippen MR) is 94.7 cm³/mol. The van der Waals surface area contributed by atoms with Gasteiger partial charge in [0.1, 0.15) is 12.6 Å². The van der Waals surface area contributed by atoms with Crippen molar-refractivity contribution in [1.29, 1.82) is 0 Å². The molecule has 132 valence electrons. The zero-order chi connectivity index (χ0) is 18.5. The molecule has 0 N–H and O–H groups in total. The predicted octanol–water partition coefficient (Wildman–Crippen LogP) is 2.36. The molecule has 6 nitrogen and oxygen atoms in total. The van der Waals surface area contributed by atoms with E-state index in [4.69, 9.17) is 0 Å². The third-order valence-electron chi connectivity index (χ3n) is 4.10. The summed E-state index contributed by atoms with van der Waals surface area (Å²) in [7, 11) is 1.26. The molecule has 2 amide bonds. The number of benzene rings is 2. The number of hydrogen-bond acceptors (Lipinski definition) is 4. The number of carbonyl (C=O) groups is 3. The van der Waals surface area contributed by atoms with Gasteiger partial charge in [-0.2, -0.15) is 0 Å². The summed E-state index contributed by atoms with van der Waals surface area (Å²) in [5.74, 6) is -1.19. The van der Waals surface area contributed by atoms with E-state index in [1.807, 2.05) is 12.1 Å². The van der Waals surface area contributed by atoms with Crippen LogP contribution in [0.2, 0.25) is 0 Å². The zero-order valence-electron chi connectivity index (χ0n) is 14.2. The van der Waals surface area contributed by atoms with E-state index >= 15 is 0 Å². The lowest BCUT2D eigenvalue weighted by atomic mass is 10.0. The van der Waals surface area contributed by atoms with Gasteiger partial charge in [-0.15, -0.1) is 0 Å². The Labute approximate surface area is 151 Å². The quantitative estimate of drug-likeness (QED) is 0.794. The molecule has 6 heteroatoms. The minimum atomic E-state index is -0.849. The van der Waals surface area contributed by atoms with Crippen LogP contribution < -0.4 is 0 Å². The van der Waals surface area contributed by atoms with Crippen LogP contribution in [0.5, 0.6) is 0 Å². The number of rotatable bonds is 4. The first-order chi connectivity index (χ1) is 12.6. The Morgan fingerprint density at radius 3 is 2.19 bits per heavy atom. The van der Waals surface area contributed by atoms with Gasteiger partial charge < -0.3 is 9.64 Å². The molecule has 0 spiro atoms. The van der Waals surface area contributed by atoms with Crippen molar-refractivity contribution in [2.75, 3.05) is 13.7 Å². The van der Waals surface area contributed by atoms with Gasteiger partial charge >= 0.3 is 5.97 Å². The smallest absolute Gasteiger partial charge is 0.325 e. The Morgan fingerprint density at radius 1 is 0.962 bits per heavy atom. The average Bonchev–Trinajstić information content (AvgIpc) is 2.70. The molecule has 2 aromatic rings. The highest BCUT2D eigenvalue weighted by molar-refractivity contribution is 6.00. The molecule has 0 saturated heterocycles. The van der Waals surface area contributed by atoms with E-state index in [-0.39, 0.29) is 18.4 Å². The molecule has 0 aromatic heterocycles. The van der Waals surface area contributed by atoms with Crippen LogP contribution in [0, 0.1) is 0 Å². The first-order valence-electron chi connectivity index (χ1n) is 8.10. The standard InChI is InChI=1S/C20H18N2O4/c1-26-17(23)14-21-12-13-22(19(24)16-10-6-3-7-11-16)18(20(21)25)15-8-4-2-5-9-15/h2-13,18H,14H2,1H3. The van der Waals surface area contributed by atoms with Gasteiger partial charge in [-0.3, -0.25) is 19.3 Å². The van der Waals surface area contributed by atoms with Gasteiger partial charge in [0, 0.05) is 18.0 Å². The highest BCUT2D eigenvalue weighted by atomic mass is 16.5. The van der Waals surface area contributed by atoms with E-state index in [9.17, 15) is 14.4 Å². The maximum absolute atomic E-state index is 13.0. The van der Waals surface area contributed by atoms with Crippen LogP contribution >= 0.6 is 0 Å². The second-order valence-electron chi connectivity index (χ2n) is 5.73. The topological polar surface area (TPSA) is 66.9 Å². The lowest BCUT2D eigenvalue weighted by Crippen LogP contribution is -2.46. The van der Waals surface area contributed by atoms with E-state index in [1.165, 1.54) is 29.3 Å². The monoisotopic (exact) mass is 350 g/mol. The Morgan fingerprint density at radius 2 is 1.58 bits per heavy atom. The van der Waals surface area contributed by atoms with Gasteiger partial charge in [-0.25, -0.2) is 0 Å². The zero-order valence-corrected chi connectivity index (χ0v) is 14.2. The molecule has 2 aromatic carbocycles. The van der Waals surface area contributed by atoms with E-state index < -0.39 is 12.0 Å². The van der Waals surface area contributed by atoms with Gasteiger partial charge in [0.2, 0.25) is 0 Å². The molecule has 1 heterocycles. The van der Waals surface area contributed by atoms with Crippen LogP contribution in [0.1, 0.15) is 22.0 Å². The fraction of sp³-hybridized carbons (Fsp3) is 0.150. The van der Waals surface area contributed by atoms with Gasteiger partial charge in [-0.05, 0) is 17.7 Å². The third-order valence-corrected chi connectivity index (χ3v) is 4.10. The number of ether oxygens (including phenoxy) is 1. The second-order valence-corrected chi connectivity index (χ2v) is 5.73. The Balaban J connectivity index is 1.98. The Kier molecular flexibility index (Phi) is 5.12. The van der Waals surface area contributed by atoms with Crippen LogP contribution in [0.25, 0.3) is 0 Å². The molecule has 1 aliphatic heterocycles. The summed E-state index contributed by atoms with van der Waals surface area (Å²) < 4.78 is 4.64. The van der Waals surface area contributed by atoms with Crippen LogP contribution in [-0.4, -0.2) is 41.2 Å². The first kappa shape index (κ1) is 17.4. The summed E-state index contributed by atoms with van der Waals surface area (Å²) in [5, 5.41) is 0. The number of amides is 2. The Bertz CT molecular complexity index is 833. The number of esters is 1. The highest BCUT2D eigenvalue weighted by Gasteiger charge is 2.36. The van der Waals surface area contributed by atoms with Crippen molar-refractivity contribution in [2.24, 2.45) is 0 Å². The van der Waals surface area contributed by atoms with Gasteiger partial charge in [0.05, 0.1) is 7.11 Å². The summed E-state index contributed by atoms with van der Waals surface area (Å²) in [4.78, 5) is 40.1. The third kappa shape index (κ3) is 3.49. The van der Waals surface area contributed by atoms with Crippen molar-refractivity contribution in [1.82, 2.24) is 9.80 Å². The molecule has 0 bridgehead atoms. The normalized spacial score (nSPS) is 16.5. The largest absolute Gasteiger partial charge is 0.468 e. The SMILES string of the molecule is COC(=O)CN1C=CN(C(=O)c2ccccc2)C(c2ccccc2)C1=O. The van der Waals surface area contributed by atoms with Crippen molar-refractivity contribution >= 4 is 17.8 Å². The van der Waals surface area contributed by atoms with Crippen LogP contribution in [-0.2, 0) is 14.3 Å². The van der Waals surface area contributed by atoms with Crippen molar-refractivity contribution < 1.29 is 19.1 Å². The number of carbonyl (C=O) groups excluding carboxylic acids is 3. The molecule has 3 rings (SSSR count). The Hall–Kier alpha value is -3.41. The highest BCUT2D eigenvalue weighted by Crippen LogP contribution is 2.29. The fourth-order valence-corrected chi connectivity index (χ4v) is 2.78. The van der Waals surface area contributed by atoms with Gasteiger partial charge in [-0.1, -0.05) is 48.5 Å². The summed E-state index contributed by atoms with van der Waals surface area (Å²) >= 11 is 0. The number of methoxy groups -OCH3 is 1. The molecule has 26 heavy (non-hydrogen) atoms. The number of nitrogens with zero attached hydrogens (tertiary/aromatic N) is 2. The van der Waals surface area contributed by atoms with Crippen molar-refractivity contribution in [3.8, 4) is 0 Å². The average molecular weight is 350 g/mol. The maximum Gasteiger partial charge on any atom is 0.325 e. The molecule has 1 aliphatic rings. The minimum absolute atomic E-state index is 0.206. The maximum atomic E-state index is 13.0.